The van der Waals surface area contributed by atoms with Crippen molar-refractivity contribution in [3.63, 3.8) is 0 Å². The van der Waals surface area contributed by atoms with Crippen LogP contribution < -0.4 is 0 Å². The molecule has 1 aliphatic rings. The molecular weight excluding hydrogens is 301 g/mol. The monoisotopic (exact) mass is 314 g/mol. The van der Waals surface area contributed by atoms with Crippen LogP contribution in [-0.2, 0) is 19.0 Å². The van der Waals surface area contributed by atoms with Crippen LogP contribution in [0.4, 0.5) is 13.2 Å². The average molecular weight is 314 g/mol. The zero-order chi connectivity index (χ0) is 16.2. The highest BCUT2D eigenvalue weighted by atomic mass is 19.4. The summed E-state index contributed by atoms with van der Waals surface area (Å²) in [5, 5.41) is 12.1. The van der Waals surface area contributed by atoms with E-state index in [9.17, 15) is 18.3 Å². The summed E-state index contributed by atoms with van der Waals surface area (Å²) < 4.78 is 38.8. The molecule has 0 saturated heterocycles. The van der Waals surface area contributed by atoms with Gasteiger partial charge >= 0.3 is 6.18 Å². The number of hydrogen-bond donors (Lipinski definition) is 1. The maximum atomic E-state index is 12.9. The second kappa shape index (κ2) is 4.75. The number of fused-ring (bicyclic) bond motifs is 5. The van der Waals surface area contributed by atoms with Crippen LogP contribution >= 0.6 is 0 Å². The number of benzene rings is 3. The standard InChI is InChI=1S/C19H13F3O/c20-19(21,22)13-6-8-15-12(9-13)5-7-16-17(23)10-11-3-1-2-4-14(11)18(15)16/h1-4,6,8-10,23H,5,7H2. The molecule has 0 atom stereocenters. The highest BCUT2D eigenvalue weighted by Crippen LogP contribution is 2.44. The zero-order valence-electron chi connectivity index (χ0n) is 12.1. The molecule has 3 aromatic carbocycles. The molecule has 0 saturated carbocycles. The first-order valence-electron chi connectivity index (χ1n) is 7.39. The lowest BCUT2D eigenvalue weighted by atomic mass is 9.81. The Labute approximate surface area is 131 Å². The molecule has 0 aliphatic heterocycles. The summed E-state index contributed by atoms with van der Waals surface area (Å²) in [6, 6.07) is 13.2. The third-order valence-corrected chi connectivity index (χ3v) is 4.48. The van der Waals surface area contributed by atoms with Gasteiger partial charge in [-0.25, -0.2) is 0 Å². The molecule has 1 N–H and O–H groups in total. The first-order valence-corrected chi connectivity index (χ1v) is 7.39. The topological polar surface area (TPSA) is 20.2 Å². The molecule has 116 valence electrons. The Kier molecular flexibility index (Phi) is 2.92. The lowest BCUT2D eigenvalue weighted by Crippen LogP contribution is -2.10. The van der Waals surface area contributed by atoms with Crippen LogP contribution in [0, 0.1) is 0 Å². The Morgan fingerprint density at radius 1 is 0.913 bits per heavy atom. The van der Waals surface area contributed by atoms with Gasteiger partial charge in [0.25, 0.3) is 0 Å². The molecule has 1 aliphatic carbocycles. The summed E-state index contributed by atoms with van der Waals surface area (Å²) in [5.41, 5.74) is 2.52. The number of aromatic hydroxyl groups is 1. The van der Waals surface area contributed by atoms with Crippen LogP contribution in [0.2, 0.25) is 0 Å². The van der Waals surface area contributed by atoms with Crippen molar-refractivity contribution in [2.45, 2.75) is 19.0 Å². The Morgan fingerprint density at radius 3 is 2.48 bits per heavy atom. The quantitative estimate of drug-likeness (QED) is 0.594. The fourth-order valence-corrected chi connectivity index (χ4v) is 3.42. The number of phenolic OH excluding ortho intramolecular Hbond substituents is 1. The summed E-state index contributed by atoms with van der Waals surface area (Å²) in [6.45, 7) is 0. The SMILES string of the molecule is Oc1cc2ccccc2c2c1CCc1cc(C(F)(F)F)ccc1-2. The Bertz CT molecular complexity index is 926. The van der Waals surface area contributed by atoms with Gasteiger partial charge in [-0.15, -0.1) is 0 Å². The minimum atomic E-state index is -4.34. The minimum absolute atomic E-state index is 0.212. The Balaban J connectivity index is 2.03. The fraction of sp³-hybridized carbons (Fsp3) is 0.158. The van der Waals surface area contributed by atoms with Gasteiger partial charge in [0.1, 0.15) is 5.75 Å². The lowest BCUT2D eigenvalue weighted by Gasteiger charge is -2.24. The van der Waals surface area contributed by atoms with Gasteiger partial charge < -0.3 is 5.11 Å². The van der Waals surface area contributed by atoms with Gasteiger partial charge in [0, 0.05) is 5.56 Å². The van der Waals surface area contributed by atoms with Crippen molar-refractivity contribution < 1.29 is 18.3 Å². The Morgan fingerprint density at radius 2 is 1.70 bits per heavy atom. The fourth-order valence-electron chi connectivity index (χ4n) is 3.42. The van der Waals surface area contributed by atoms with Crippen molar-refractivity contribution in [2.75, 3.05) is 0 Å². The summed E-state index contributed by atoms with van der Waals surface area (Å²) in [6.07, 6.45) is -3.30. The summed E-state index contributed by atoms with van der Waals surface area (Å²) in [7, 11) is 0. The molecule has 0 radical (unpaired) electrons. The van der Waals surface area contributed by atoms with Crippen molar-refractivity contribution in [1.29, 1.82) is 0 Å². The largest absolute Gasteiger partial charge is 0.508 e. The number of phenols is 1. The highest BCUT2D eigenvalue weighted by Gasteiger charge is 2.32. The molecule has 0 amide bonds. The van der Waals surface area contributed by atoms with E-state index in [0.717, 1.165) is 33.5 Å². The van der Waals surface area contributed by atoms with E-state index in [1.807, 2.05) is 24.3 Å². The van der Waals surface area contributed by atoms with Gasteiger partial charge in [-0.2, -0.15) is 13.2 Å². The van der Waals surface area contributed by atoms with Crippen LogP contribution in [0.15, 0.2) is 48.5 Å². The van der Waals surface area contributed by atoms with E-state index in [2.05, 4.69) is 0 Å². The maximum Gasteiger partial charge on any atom is 0.416 e. The molecule has 0 fully saturated rings. The van der Waals surface area contributed by atoms with Gasteiger partial charge in [-0.05, 0) is 58.5 Å². The Hall–Kier alpha value is -2.49. The van der Waals surface area contributed by atoms with Crippen LogP contribution in [-0.4, -0.2) is 5.11 Å². The van der Waals surface area contributed by atoms with E-state index in [1.165, 1.54) is 12.1 Å². The zero-order valence-corrected chi connectivity index (χ0v) is 12.1. The number of alkyl halides is 3. The molecule has 1 nitrogen and oxygen atoms in total. The first kappa shape index (κ1) is 14.1. The third kappa shape index (κ3) is 2.17. The second-order valence-corrected chi connectivity index (χ2v) is 5.84. The van der Waals surface area contributed by atoms with Crippen molar-refractivity contribution in [3.8, 4) is 16.9 Å². The van der Waals surface area contributed by atoms with E-state index >= 15 is 0 Å². The van der Waals surface area contributed by atoms with Crippen LogP contribution in [0.5, 0.6) is 5.75 Å². The smallest absolute Gasteiger partial charge is 0.416 e. The van der Waals surface area contributed by atoms with Crippen molar-refractivity contribution in [3.05, 3.63) is 65.2 Å². The lowest BCUT2D eigenvalue weighted by molar-refractivity contribution is -0.137. The van der Waals surface area contributed by atoms with E-state index in [1.54, 1.807) is 6.07 Å². The summed E-state index contributed by atoms with van der Waals surface area (Å²) in [5.74, 6) is 0.212. The molecule has 0 heterocycles. The molecule has 4 heteroatoms. The molecule has 0 unspecified atom stereocenters. The van der Waals surface area contributed by atoms with Crippen molar-refractivity contribution in [2.24, 2.45) is 0 Å². The van der Waals surface area contributed by atoms with Gasteiger partial charge in [-0.1, -0.05) is 30.3 Å². The number of hydrogen-bond acceptors (Lipinski definition) is 1. The number of halogens is 3. The third-order valence-electron chi connectivity index (χ3n) is 4.48. The van der Waals surface area contributed by atoms with E-state index in [0.29, 0.717) is 18.4 Å². The molecule has 23 heavy (non-hydrogen) atoms. The van der Waals surface area contributed by atoms with E-state index < -0.39 is 11.7 Å². The van der Waals surface area contributed by atoms with Gasteiger partial charge in [0.05, 0.1) is 5.56 Å². The van der Waals surface area contributed by atoms with Gasteiger partial charge in [-0.3, -0.25) is 0 Å². The maximum absolute atomic E-state index is 12.9. The first-order chi connectivity index (χ1) is 10.9. The number of aryl methyl sites for hydroxylation is 1. The molecular formula is C19H13F3O. The second-order valence-electron chi connectivity index (χ2n) is 5.84. The molecule has 0 spiro atoms. The van der Waals surface area contributed by atoms with Crippen LogP contribution in [0.3, 0.4) is 0 Å². The summed E-state index contributed by atoms with van der Waals surface area (Å²) >= 11 is 0. The normalized spacial score (nSPS) is 13.7. The molecule has 0 bridgehead atoms. The number of rotatable bonds is 0. The predicted octanol–water partition coefficient (Wildman–Crippen LogP) is 5.33. The van der Waals surface area contributed by atoms with Crippen LogP contribution in [0.25, 0.3) is 21.9 Å². The summed E-state index contributed by atoms with van der Waals surface area (Å²) in [4.78, 5) is 0. The average Bonchev–Trinajstić information content (AvgIpc) is 2.53. The van der Waals surface area contributed by atoms with Gasteiger partial charge in [0.15, 0.2) is 0 Å². The minimum Gasteiger partial charge on any atom is -0.508 e. The predicted molar refractivity (Wildman–Crippen MR) is 83.5 cm³/mol. The molecule has 3 aromatic rings. The molecule has 4 rings (SSSR count). The van der Waals surface area contributed by atoms with E-state index in [-0.39, 0.29) is 5.75 Å². The van der Waals surface area contributed by atoms with Gasteiger partial charge in [0.2, 0.25) is 0 Å². The van der Waals surface area contributed by atoms with Crippen molar-refractivity contribution in [1.82, 2.24) is 0 Å². The van der Waals surface area contributed by atoms with E-state index in [4.69, 9.17) is 0 Å². The highest BCUT2D eigenvalue weighted by molar-refractivity contribution is 6.01. The van der Waals surface area contributed by atoms with Crippen molar-refractivity contribution >= 4 is 10.8 Å². The van der Waals surface area contributed by atoms with Crippen LogP contribution in [0.1, 0.15) is 16.7 Å². The molecule has 0 aromatic heterocycles.